The Kier molecular flexibility index (Phi) is 3.38. The van der Waals surface area contributed by atoms with Crippen LogP contribution in [0.5, 0.6) is 0 Å². The SMILES string of the molecule is C[Si](C)(C)/C=C/[C@H]1O[C@H]1c1ccc(Br)cc1. The van der Waals surface area contributed by atoms with E-state index in [1.54, 1.807) is 0 Å². The molecule has 1 aliphatic heterocycles. The van der Waals surface area contributed by atoms with E-state index in [1.165, 1.54) is 5.56 Å². The molecule has 1 heterocycles. The van der Waals surface area contributed by atoms with E-state index in [-0.39, 0.29) is 6.10 Å². The lowest BCUT2D eigenvalue weighted by atomic mass is 10.1. The lowest BCUT2D eigenvalue weighted by molar-refractivity contribution is 0.394. The predicted molar refractivity (Wildman–Crippen MR) is 74.2 cm³/mol. The maximum Gasteiger partial charge on any atom is 0.113 e. The highest BCUT2D eigenvalue weighted by atomic mass is 79.9. The van der Waals surface area contributed by atoms with Crippen molar-refractivity contribution in [2.45, 2.75) is 31.8 Å². The Balaban J connectivity index is 1.97. The molecule has 0 aliphatic carbocycles. The van der Waals surface area contributed by atoms with Gasteiger partial charge >= 0.3 is 0 Å². The van der Waals surface area contributed by atoms with E-state index < -0.39 is 8.07 Å². The van der Waals surface area contributed by atoms with Gasteiger partial charge < -0.3 is 4.74 Å². The van der Waals surface area contributed by atoms with E-state index in [4.69, 9.17) is 4.74 Å². The topological polar surface area (TPSA) is 12.5 Å². The Morgan fingerprint density at radius 1 is 1.19 bits per heavy atom. The molecule has 0 radical (unpaired) electrons. The molecule has 0 aromatic heterocycles. The fourth-order valence-corrected chi connectivity index (χ4v) is 2.61. The zero-order valence-corrected chi connectivity index (χ0v) is 12.5. The van der Waals surface area contributed by atoms with Gasteiger partial charge in [-0.05, 0) is 17.7 Å². The van der Waals surface area contributed by atoms with Gasteiger partial charge in [-0.25, -0.2) is 0 Å². The summed E-state index contributed by atoms with van der Waals surface area (Å²) in [6.07, 6.45) is 2.81. The second kappa shape index (κ2) is 4.47. The number of epoxide rings is 1. The highest BCUT2D eigenvalue weighted by Crippen LogP contribution is 2.40. The molecule has 1 aliphatic rings. The van der Waals surface area contributed by atoms with Gasteiger partial charge in [0.05, 0.1) is 8.07 Å². The van der Waals surface area contributed by atoms with Crippen molar-refractivity contribution in [1.82, 2.24) is 0 Å². The largest absolute Gasteiger partial charge is 0.360 e. The van der Waals surface area contributed by atoms with E-state index in [1.807, 2.05) is 0 Å². The van der Waals surface area contributed by atoms with Crippen LogP contribution in [0.2, 0.25) is 19.6 Å². The zero-order chi connectivity index (χ0) is 11.8. The van der Waals surface area contributed by atoms with Gasteiger partial charge in [-0.2, -0.15) is 0 Å². The summed E-state index contributed by atoms with van der Waals surface area (Å²) in [7, 11) is -1.09. The first kappa shape index (κ1) is 12.1. The van der Waals surface area contributed by atoms with Gasteiger partial charge in [-0.3, -0.25) is 0 Å². The molecule has 16 heavy (non-hydrogen) atoms. The molecule has 86 valence electrons. The van der Waals surface area contributed by atoms with Crippen molar-refractivity contribution in [2.75, 3.05) is 0 Å². The number of hydrogen-bond acceptors (Lipinski definition) is 1. The second-order valence-electron chi connectivity index (χ2n) is 5.30. The Labute approximate surface area is 107 Å². The molecule has 3 heteroatoms. The van der Waals surface area contributed by atoms with Gasteiger partial charge in [-0.1, -0.05) is 59.5 Å². The highest BCUT2D eigenvalue weighted by Gasteiger charge is 2.37. The molecule has 0 bridgehead atoms. The first-order valence-electron chi connectivity index (χ1n) is 5.56. The van der Waals surface area contributed by atoms with Crippen LogP contribution in [0.15, 0.2) is 40.5 Å². The van der Waals surface area contributed by atoms with Crippen molar-refractivity contribution < 1.29 is 4.74 Å². The third kappa shape index (κ3) is 3.30. The van der Waals surface area contributed by atoms with Crippen molar-refractivity contribution in [3.8, 4) is 0 Å². The Bertz CT molecular complexity index is 391. The van der Waals surface area contributed by atoms with Crippen LogP contribution in [0.4, 0.5) is 0 Å². The van der Waals surface area contributed by atoms with E-state index in [0.29, 0.717) is 6.10 Å². The molecule has 0 spiro atoms. The van der Waals surface area contributed by atoms with E-state index in [9.17, 15) is 0 Å². The summed E-state index contributed by atoms with van der Waals surface area (Å²) in [5.74, 6) is 0. The van der Waals surface area contributed by atoms with Crippen LogP contribution in [0.3, 0.4) is 0 Å². The summed E-state index contributed by atoms with van der Waals surface area (Å²) in [6.45, 7) is 7.00. The summed E-state index contributed by atoms with van der Waals surface area (Å²) < 4.78 is 6.78. The van der Waals surface area contributed by atoms with E-state index in [0.717, 1.165) is 4.47 Å². The van der Waals surface area contributed by atoms with Gasteiger partial charge in [0.2, 0.25) is 0 Å². The maximum absolute atomic E-state index is 5.66. The van der Waals surface area contributed by atoms with Crippen LogP contribution in [-0.4, -0.2) is 14.2 Å². The quantitative estimate of drug-likeness (QED) is 0.598. The Morgan fingerprint density at radius 2 is 1.81 bits per heavy atom. The fraction of sp³-hybridized carbons (Fsp3) is 0.385. The highest BCUT2D eigenvalue weighted by molar-refractivity contribution is 9.10. The van der Waals surface area contributed by atoms with Crippen molar-refractivity contribution in [1.29, 1.82) is 0 Å². The van der Waals surface area contributed by atoms with Gasteiger partial charge in [0.25, 0.3) is 0 Å². The van der Waals surface area contributed by atoms with E-state index in [2.05, 4.69) is 71.6 Å². The van der Waals surface area contributed by atoms with Crippen molar-refractivity contribution in [2.24, 2.45) is 0 Å². The Morgan fingerprint density at radius 3 is 2.38 bits per heavy atom. The monoisotopic (exact) mass is 296 g/mol. The number of halogens is 1. The molecule has 1 nitrogen and oxygen atoms in total. The summed E-state index contributed by atoms with van der Waals surface area (Å²) in [5, 5.41) is 0. The van der Waals surface area contributed by atoms with Crippen molar-refractivity contribution >= 4 is 24.0 Å². The molecule has 1 fully saturated rings. The Hall–Kier alpha value is -0.383. The molecule has 2 atom stereocenters. The first-order chi connectivity index (χ1) is 7.46. The number of hydrogen-bond donors (Lipinski definition) is 0. The lowest BCUT2D eigenvalue weighted by Crippen LogP contribution is -2.15. The average Bonchev–Trinajstić information content (AvgIpc) is 2.94. The zero-order valence-electron chi connectivity index (χ0n) is 9.91. The van der Waals surface area contributed by atoms with Crippen LogP contribution >= 0.6 is 15.9 Å². The molecule has 0 unspecified atom stereocenters. The van der Waals surface area contributed by atoms with Crippen LogP contribution in [0, 0.1) is 0 Å². The summed E-state index contributed by atoms with van der Waals surface area (Å²) in [4.78, 5) is 0. The molecule has 2 rings (SSSR count). The molecule has 0 N–H and O–H groups in total. The third-order valence-electron chi connectivity index (χ3n) is 2.51. The fourth-order valence-electron chi connectivity index (χ4n) is 1.57. The average molecular weight is 297 g/mol. The molecule has 0 amide bonds. The van der Waals surface area contributed by atoms with Crippen molar-refractivity contribution in [3.05, 3.63) is 46.1 Å². The van der Waals surface area contributed by atoms with Gasteiger partial charge in [-0.15, -0.1) is 0 Å². The standard InChI is InChI=1S/C13H17BrOSi/c1-16(2,3)9-8-12-13(15-12)10-4-6-11(14)7-5-10/h4-9,12-13H,1-3H3/b9-8+/t12-,13+/m1/s1. The van der Waals surface area contributed by atoms with E-state index >= 15 is 0 Å². The van der Waals surface area contributed by atoms with Gasteiger partial charge in [0.1, 0.15) is 12.2 Å². The summed E-state index contributed by atoms with van der Waals surface area (Å²) >= 11 is 3.44. The minimum absolute atomic E-state index is 0.278. The van der Waals surface area contributed by atoms with Gasteiger partial charge in [0.15, 0.2) is 0 Å². The maximum atomic E-state index is 5.66. The van der Waals surface area contributed by atoms with Crippen LogP contribution < -0.4 is 0 Å². The number of ether oxygens (including phenoxy) is 1. The first-order valence-corrected chi connectivity index (χ1v) is 9.93. The molecule has 1 aromatic rings. The molecule has 1 saturated heterocycles. The summed E-state index contributed by atoms with van der Waals surface area (Å²) in [5.41, 5.74) is 3.63. The second-order valence-corrected chi connectivity index (χ2v) is 11.3. The number of rotatable bonds is 3. The normalized spacial score (nSPS) is 25.0. The molecule has 1 aromatic carbocycles. The third-order valence-corrected chi connectivity index (χ3v) is 4.23. The van der Waals surface area contributed by atoms with Gasteiger partial charge in [0, 0.05) is 4.47 Å². The number of benzene rings is 1. The molecular weight excluding hydrogens is 280 g/mol. The minimum Gasteiger partial charge on any atom is -0.360 e. The molecule has 0 saturated carbocycles. The lowest BCUT2D eigenvalue weighted by Gasteiger charge is -2.07. The minimum atomic E-state index is -1.09. The smallest absolute Gasteiger partial charge is 0.113 e. The molecular formula is C13H17BrOSi. The van der Waals surface area contributed by atoms with Crippen LogP contribution in [0.25, 0.3) is 0 Å². The predicted octanol–water partition coefficient (Wildman–Crippen LogP) is 4.32. The summed E-state index contributed by atoms with van der Waals surface area (Å²) in [6, 6.07) is 8.38. The van der Waals surface area contributed by atoms with Crippen molar-refractivity contribution in [3.63, 3.8) is 0 Å². The van der Waals surface area contributed by atoms with Crippen LogP contribution in [-0.2, 0) is 4.74 Å². The van der Waals surface area contributed by atoms with Crippen LogP contribution in [0.1, 0.15) is 11.7 Å².